The van der Waals surface area contributed by atoms with Crippen LogP contribution in [0.15, 0.2) is 34.9 Å². The highest BCUT2D eigenvalue weighted by Crippen LogP contribution is 2.35. The van der Waals surface area contributed by atoms with E-state index >= 15 is 0 Å². The van der Waals surface area contributed by atoms with Gasteiger partial charge in [-0.1, -0.05) is 42.6 Å². The molecule has 1 saturated carbocycles. The standard InChI is InChI=1S/C18H25N3O2/c1-15-20-17(21-23-15)18(11-6-3-7-12-18)19-13-8-14-22-16-9-4-2-5-10-16/h2,4-5,9-10,19H,3,6-8,11-14H2,1H3. The van der Waals surface area contributed by atoms with Crippen molar-refractivity contribution in [3.8, 4) is 5.75 Å². The largest absolute Gasteiger partial charge is 0.494 e. The van der Waals surface area contributed by atoms with Gasteiger partial charge in [0, 0.05) is 6.92 Å². The van der Waals surface area contributed by atoms with Gasteiger partial charge in [0.05, 0.1) is 12.1 Å². The SMILES string of the molecule is Cc1nc(C2(NCCCOc3ccccc3)CCCCC2)no1. The Hall–Kier alpha value is -1.88. The van der Waals surface area contributed by atoms with Crippen LogP contribution in [0.4, 0.5) is 0 Å². The quantitative estimate of drug-likeness (QED) is 0.791. The van der Waals surface area contributed by atoms with Gasteiger partial charge >= 0.3 is 0 Å². The minimum atomic E-state index is -0.122. The number of benzene rings is 1. The Balaban J connectivity index is 1.51. The highest BCUT2D eigenvalue weighted by Gasteiger charge is 2.37. The molecular weight excluding hydrogens is 290 g/mol. The lowest BCUT2D eigenvalue weighted by Crippen LogP contribution is -2.45. The van der Waals surface area contributed by atoms with Gasteiger partial charge in [0.25, 0.3) is 0 Å². The van der Waals surface area contributed by atoms with Crippen LogP contribution in [0.25, 0.3) is 0 Å². The van der Waals surface area contributed by atoms with Gasteiger partial charge in [-0.2, -0.15) is 4.98 Å². The average Bonchev–Trinajstić information content (AvgIpc) is 3.04. The lowest BCUT2D eigenvalue weighted by atomic mass is 9.81. The number of hydrogen-bond donors (Lipinski definition) is 1. The lowest BCUT2D eigenvalue weighted by Gasteiger charge is -2.35. The summed E-state index contributed by atoms with van der Waals surface area (Å²) in [5.41, 5.74) is -0.122. The molecule has 0 amide bonds. The summed E-state index contributed by atoms with van der Waals surface area (Å²) >= 11 is 0. The average molecular weight is 315 g/mol. The van der Waals surface area contributed by atoms with E-state index in [9.17, 15) is 0 Å². The topological polar surface area (TPSA) is 60.2 Å². The maximum absolute atomic E-state index is 5.75. The van der Waals surface area contributed by atoms with Gasteiger partial charge in [-0.25, -0.2) is 0 Å². The van der Waals surface area contributed by atoms with Crippen molar-refractivity contribution >= 4 is 0 Å². The van der Waals surface area contributed by atoms with Crippen LogP contribution >= 0.6 is 0 Å². The molecule has 1 aliphatic rings. The smallest absolute Gasteiger partial charge is 0.223 e. The molecular formula is C18H25N3O2. The van der Waals surface area contributed by atoms with Crippen molar-refractivity contribution in [2.24, 2.45) is 0 Å². The second kappa shape index (κ2) is 7.59. The van der Waals surface area contributed by atoms with Crippen molar-refractivity contribution in [3.63, 3.8) is 0 Å². The van der Waals surface area contributed by atoms with E-state index in [1.165, 1.54) is 19.3 Å². The van der Waals surface area contributed by atoms with Crippen LogP contribution in [0.3, 0.4) is 0 Å². The van der Waals surface area contributed by atoms with E-state index in [0.29, 0.717) is 12.5 Å². The molecule has 0 spiro atoms. The van der Waals surface area contributed by atoms with E-state index in [2.05, 4.69) is 15.5 Å². The molecule has 1 aliphatic carbocycles. The molecule has 1 N–H and O–H groups in total. The summed E-state index contributed by atoms with van der Waals surface area (Å²) in [6.45, 7) is 3.44. The molecule has 23 heavy (non-hydrogen) atoms. The van der Waals surface area contributed by atoms with E-state index < -0.39 is 0 Å². The second-order valence-corrected chi connectivity index (χ2v) is 6.22. The normalized spacial score (nSPS) is 17.1. The third-order valence-corrected chi connectivity index (χ3v) is 4.46. The number of rotatable bonds is 7. The molecule has 0 unspecified atom stereocenters. The van der Waals surface area contributed by atoms with Gasteiger partial charge in [0.2, 0.25) is 5.89 Å². The van der Waals surface area contributed by atoms with Crippen molar-refractivity contribution in [3.05, 3.63) is 42.0 Å². The third-order valence-electron chi connectivity index (χ3n) is 4.46. The Kier molecular flexibility index (Phi) is 5.28. The summed E-state index contributed by atoms with van der Waals surface area (Å²) in [4.78, 5) is 4.48. The van der Waals surface area contributed by atoms with Gasteiger partial charge in [0.15, 0.2) is 5.82 Å². The van der Waals surface area contributed by atoms with Crippen LogP contribution in [0.2, 0.25) is 0 Å². The monoisotopic (exact) mass is 315 g/mol. The Bertz CT molecular complexity index is 591. The van der Waals surface area contributed by atoms with Gasteiger partial charge in [-0.15, -0.1) is 0 Å². The highest BCUT2D eigenvalue weighted by atomic mass is 16.5. The van der Waals surface area contributed by atoms with Crippen molar-refractivity contribution in [1.82, 2.24) is 15.5 Å². The number of para-hydroxylation sites is 1. The fourth-order valence-corrected chi connectivity index (χ4v) is 3.23. The van der Waals surface area contributed by atoms with Crippen molar-refractivity contribution in [1.29, 1.82) is 0 Å². The van der Waals surface area contributed by atoms with Crippen LogP contribution in [0.1, 0.15) is 50.2 Å². The molecule has 5 nitrogen and oxygen atoms in total. The number of nitrogens with zero attached hydrogens (tertiary/aromatic N) is 2. The zero-order chi connectivity index (χ0) is 16.0. The molecule has 0 saturated heterocycles. The molecule has 0 radical (unpaired) electrons. The first-order valence-corrected chi connectivity index (χ1v) is 8.52. The molecule has 1 aromatic heterocycles. The van der Waals surface area contributed by atoms with E-state index in [4.69, 9.17) is 9.26 Å². The Morgan fingerprint density at radius 3 is 2.65 bits per heavy atom. The Morgan fingerprint density at radius 1 is 1.17 bits per heavy atom. The Labute approximate surface area is 137 Å². The predicted octanol–water partition coefficient (Wildman–Crippen LogP) is 3.60. The molecule has 5 heteroatoms. The number of aromatic nitrogens is 2. The number of ether oxygens (including phenoxy) is 1. The third kappa shape index (κ3) is 4.10. The number of nitrogens with one attached hydrogen (secondary N) is 1. The van der Waals surface area contributed by atoms with Crippen LogP contribution in [-0.4, -0.2) is 23.3 Å². The maximum Gasteiger partial charge on any atom is 0.223 e. The van der Waals surface area contributed by atoms with E-state index in [-0.39, 0.29) is 5.54 Å². The molecule has 3 rings (SSSR count). The molecule has 2 aromatic rings. The molecule has 1 heterocycles. The molecule has 1 aromatic carbocycles. The first-order valence-electron chi connectivity index (χ1n) is 8.52. The molecule has 0 bridgehead atoms. The highest BCUT2D eigenvalue weighted by molar-refractivity contribution is 5.20. The van der Waals surface area contributed by atoms with Crippen molar-refractivity contribution in [2.45, 2.75) is 51.0 Å². The number of hydrogen-bond acceptors (Lipinski definition) is 5. The minimum Gasteiger partial charge on any atom is -0.494 e. The van der Waals surface area contributed by atoms with Crippen LogP contribution in [0, 0.1) is 6.92 Å². The predicted molar refractivity (Wildman–Crippen MR) is 88.4 cm³/mol. The van der Waals surface area contributed by atoms with Gasteiger partial charge < -0.3 is 14.6 Å². The summed E-state index contributed by atoms with van der Waals surface area (Å²) in [6, 6.07) is 9.94. The van der Waals surface area contributed by atoms with E-state index in [1.807, 2.05) is 37.3 Å². The minimum absolute atomic E-state index is 0.122. The first kappa shape index (κ1) is 16.0. The zero-order valence-corrected chi connectivity index (χ0v) is 13.8. The molecule has 0 atom stereocenters. The van der Waals surface area contributed by atoms with Crippen LogP contribution < -0.4 is 10.1 Å². The van der Waals surface area contributed by atoms with Gasteiger partial charge in [0.1, 0.15) is 5.75 Å². The maximum atomic E-state index is 5.75. The van der Waals surface area contributed by atoms with Gasteiger partial charge in [-0.3, -0.25) is 0 Å². The van der Waals surface area contributed by atoms with Gasteiger partial charge in [-0.05, 0) is 37.9 Å². The Morgan fingerprint density at radius 2 is 1.96 bits per heavy atom. The van der Waals surface area contributed by atoms with Crippen molar-refractivity contribution < 1.29 is 9.26 Å². The van der Waals surface area contributed by atoms with Crippen molar-refractivity contribution in [2.75, 3.05) is 13.2 Å². The summed E-state index contributed by atoms with van der Waals surface area (Å²) in [7, 11) is 0. The van der Waals surface area contributed by atoms with E-state index in [1.54, 1.807) is 0 Å². The summed E-state index contributed by atoms with van der Waals surface area (Å²) in [6.07, 6.45) is 6.81. The molecule has 0 aliphatic heterocycles. The fraction of sp³-hybridized carbons (Fsp3) is 0.556. The second-order valence-electron chi connectivity index (χ2n) is 6.22. The fourth-order valence-electron chi connectivity index (χ4n) is 3.23. The van der Waals surface area contributed by atoms with Crippen LogP contribution in [0.5, 0.6) is 5.75 Å². The molecule has 124 valence electrons. The van der Waals surface area contributed by atoms with E-state index in [0.717, 1.165) is 37.4 Å². The summed E-state index contributed by atoms with van der Waals surface area (Å²) in [5.74, 6) is 2.38. The number of aryl methyl sites for hydroxylation is 1. The zero-order valence-electron chi connectivity index (χ0n) is 13.8. The lowest BCUT2D eigenvalue weighted by molar-refractivity contribution is 0.205. The molecule has 1 fully saturated rings. The van der Waals surface area contributed by atoms with Crippen LogP contribution in [-0.2, 0) is 5.54 Å². The first-order chi connectivity index (χ1) is 11.3. The summed E-state index contributed by atoms with van der Waals surface area (Å²) in [5, 5.41) is 7.86. The summed E-state index contributed by atoms with van der Waals surface area (Å²) < 4.78 is 11.0.